The van der Waals surface area contributed by atoms with E-state index in [4.69, 9.17) is 16.6 Å². The number of likely N-dealkylation sites (tertiary alicyclic amines) is 1. The van der Waals surface area contributed by atoms with Gasteiger partial charge in [0.15, 0.2) is 5.65 Å². The minimum Gasteiger partial charge on any atom is -0.353 e. The highest BCUT2D eigenvalue weighted by Gasteiger charge is 2.21. The van der Waals surface area contributed by atoms with E-state index in [2.05, 4.69) is 86.5 Å². The van der Waals surface area contributed by atoms with Crippen molar-refractivity contribution in [2.24, 2.45) is 0 Å². The number of fused-ring (bicyclic) bond motifs is 3. The molecule has 0 bridgehead atoms. The summed E-state index contributed by atoms with van der Waals surface area (Å²) in [6.07, 6.45) is 4.33. The number of carbonyl (C=O) groups excluding carboxylic acids is 1. The number of carbonyl (C=O) groups is 1. The monoisotopic (exact) mass is 612 g/mol. The number of hydrogen-bond donors (Lipinski definition) is 1. The third kappa shape index (κ3) is 7.55. The van der Waals surface area contributed by atoms with E-state index < -0.39 is 0 Å². The third-order valence-corrected chi connectivity index (χ3v) is 9.22. The summed E-state index contributed by atoms with van der Waals surface area (Å²) in [5.41, 5.74) is 6.35. The van der Waals surface area contributed by atoms with Crippen molar-refractivity contribution in [3.05, 3.63) is 94.5 Å². The van der Waals surface area contributed by atoms with E-state index in [1.54, 1.807) is 11.8 Å². The molecular weight excluding hydrogens is 576 g/mol. The van der Waals surface area contributed by atoms with E-state index >= 15 is 0 Å². The van der Waals surface area contributed by atoms with Crippen molar-refractivity contribution in [1.82, 2.24) is 30.0 Å². The molecule has 43 heavy (non-hydrogen) atoms. The van der Waals surface area contributed by atoms with Crippen molar-refractivity contribution < 1.29 is 4.79 Å². The largest absolute Gasteiger partial charge is 0.353 e. The van der Waals surface area contributed by atoms with Gasteiger partial charge in [-0.15, -0.1) is 10.2 Å². The first kappa shape index (κ1) is 29.6. The topological polar surface area (TPSA) is 75.9 Å². The van der Waals surface area contributed by atoms with Crippen LogP contribution in [0.25, 0.3) is 22.1 Å². The summed E-state index contributed by atoms with van der Waals surface area (Å²) in [7, 11) is 0. The molecule has 0 aliphatic carbocycles. The van der Waals surface area contributed by atoms with Gasteiger partial charge < -0.3 is 9.88 Å². The fraction of sp³-hybridized carbons (Fsp3) is 0.353. The molecule has 0 unspecified atom stereocenters. The van der Waals surface area contributed by atoms with Gasteiger partial charge in [-0.05, 0) is 68.0 Å². The SMILES string of the molecule is Cc1ccc2c(c1)c1nnc(SCCCCC(=O)NC3CCN(Cc4ccccc4)CC3)nc1n2Cc1cccc(Cl)c1. The lowest BCUT2D eigenvalue weighted by Crippen LogP contribution is -2.44. The van der Waals surface area contributed by atoms with Gasteiger partial charge in [0.05, 0.1) is 5.52 Å². The van der Waals surface area contributed by atoms with E-state index in [0.717, 1.165) is 83.7 Å². The van der Waals surface area contributed by atoms with Crippen molar-refractivity contribution in [1.29, 1.82) is 0 Å². The van der Waals surface area contributed by atoms with Crippen LogP contribution in [0.15, 0.2) is 78.0 Å². The second-order valence-electron chi connectivity index (χ2n) is 11.4. The summed E-state index contributed by atoms with van der Waals surface area (Å²) in [6.45, 7) is 5.75. The average molecular weight is 613 g/mol. The van der Waals surface area contributed by atoms with Gasteiger partial charge in [-0.3, -0.25) is 9.69 Å². The molecular formula is C34H37ClN6OS. The Bertz CT molecular complexity index is 1700. The molecule has 1 amide bonds. The molecule has 6 rings (SSSR count). The van der Waals surface area contributed by atoms with E-state index in [9.17, 15) is 4.79 Å². The highest BCUT2D eigenvalue weighted by atomic mass is 35.5. The van der Waals surface area contributed by atoms with Crippen LogP contribution in [-0.4, -0.2) is 55.4 Å². The van der Waals surface area contributed by atoms with Crippen LogP contribution in [0, 0.1) is 6.92 Å². The molecule has 0 spiro atoms. The van der Waals surface area contributed by atoms with Crippen LogP contribution in [0.2, 0.25) is 5.02 Å². The van der Waals surface area contributed by atoms with Gasteiger partial charge in [0.2, 0.25) is 11.1 Å². The standard InChI is InChI=1S/C34H37ClN6OS/c1-24-13-14-30-29(20-24)32-33(41(30)23-26-10-7-11-27(35)21-26)37-34(39-38-32)43-19-6-5-12-31(42)36-28-15-17-40(18-16-28)22-25-8-3-2-4-9-25/h2-4,7-11,13-14,20-21,28H,5-6,12,15-19,22-23H2,1H3,(H,36,42). The Hall–Kier alpha value is -3.46. The minimum atomic E-state index is 0.159. The van der Waals surface area contributed by atoms with Gasteiger partial charge in [0.25, 0.3) is 0 Å². The summed E-state index contributed by atoms with van der Waals surface area (Å²) in [5.74, 6) is 0.998. The van der Waals surface area contributed by atoms with E-state index in [-0.39, 0.29) is 11.9 Å². The van der Waals surface area contributed by atoms with Gasteiger partial charge in [-0.25, -0.2) is 4.98 Å². The van der Waals surface area contributed by atoms with Crippen molar-refractivity contribution in [3.63, 3.8) is 0 Å². The zero-order valence-electron chi connectivity index (χ0n) is 24.5. The highest BCUT2D eigenvalue weighted by Crippen LogP contribution is 2.29. The van der Waals surface area contributed by atoms with Crippen molar-refractivity contribution >= 4 is 51.3 Å². The van der Waals surface area contributed by atoms with Crippen LogP contribution in [0.4, 0.5) is 0 Å². The Balaban J connectivity index is 0.995. The summed E-state index contributed by atoms with van der Waals surface area (Å²) in [5, 5.41) is 14.7. The first-order valence-electron chi connectivity index (χ1n) is 15.1. The van der Waals surface area contributed by atoms with E-state index in [1.807, 2.05) is 18.2 Å². The van der Waals surface area contributed by atoms with Crippen LogP contribution < -0.4 is 5.32 Å². The Kier molecular flexibility index (Phi) is 9.56. The lowest BCUT2D eigenvalue weighted by molar-refractivity contribution is -0.122. The number of nitrogens with zero attached hydrogens (tertiary/aromatic N) is 5. The third-order valence-electron chi connectivity index (χ3n) is 8.06. The predicted octanol–water partition coefficient (Wildman–Crippen LogP) is 7.03. The molecule has 1 N–H and O–H groups in total. The number of benzene rings is 3. The molecule has 9 heteroatoms. The van der Waals surface area contributed by atoms with Crippen LogP contribution in [-0.2, 0) is 17.9 Å². The second kappa shape index (κ2) is 13.9. The number of aryl methyl sites for hydroxylation is 1. The summed E-state index contributed by atoms with van der Waals surface area (Å²) >= 11 is 7.87. The lowest BCUT2D eigenvalue weighted by atomic mass is 10.0. The lowest BCUT2D eigenvalue weighted by Gasteiger charge is -2.32. The van der Waals surface area contributed by atoms with E-state index in [0.29, 0.717) is 18.1 Å². The molecule has 0 saturated carbocycles. The minimum absolute atomic E-state index is 0.159. The second-order valence-corrected chi connectivity index (χ2v) is 12.9. The van der Waals surface area contributed by atoms with Gasteiger partial charge in [0.1, 0.15) is 5.52 Å². The normalized spacial score (nSPS) is 14.5. The molecule has 0 radical (unpaired) electrons. The van der Waals surface area contributed by atoms with Crippen LogP contribution in [0.5, 0.6) is 0 Å². The Morgan fingerprint density at radius 3 is 2.58 bits per heavy atom. The number of rotatable bonds is 11. The van der Waals surface area contributed by atoms with Crippen molar-refractivity contribution in [3.8, 4) is 0 Å². The molecule has 3 aromatic carbocycles. The summed E-state index contributed by atoms with van der Waals surface area (Å²) in [6, 6.07) is 25.2. The van der Waals surface area contributed by atoms with Gasteiger partial charge in [0, 0.05) is 54.8 Å². The van der Waals surface area contributed by atoms with Gasteiger partial charge >= 0.3 is 0 Å². The molecule has 1 aliphatic rings. The fourth-order valence-electron chi connectivity index (χ4n) is 5.82. The fourth-order valence-corrected chi connectivity index (χ4v) is 6.82. The first-order valence-corrected chi connectivity index (χ1v) is 16.4. The Morgan fingerprint density at radius 1 is 0.953 bits per heavy atom. The van der Waals surface area contributed by atoms with Crippen LogP contribution >= 0.6 is 23.4 Å². The summed E-state index contributed by atoms with van der Waals surface area (Å²) in [4.78, 5) is 20.0. The first-order chi connectivity index (χ1) is 21.0. The summed E-state index contributed by atoms with van der Waals surface area (Å²) < 4.78 is 2.20. The predicted molar refractivity (Wildman–Crippen MR) is 176 cm³/mol. The quantitative estimate of drug-likeness (QED) is 0.127. The number of thioether (sulfide) groups is 1. The molecule has 3 heterocycles. The molecule has 222 valence electrons. The molecule has 5 aromatic rings. The number of nitrogens with one attached hydrogen (secondary N) is 1. The van der Waals surface area contributed by atoms with Gasteiger partial charge in [-0.1, -0.05) is 77.5 Å². The molecule has 7 nitrogen and oxygen atoms in total. The maximum absolute atomic E-state index is 12.6. The molecule has 2 aromatic heterocycles. The number of unbranched alkanes of at least 4 members (excludes halogenated alkanes) is 1. The highest BCUT2D eigenvalue weighted by molar-refractivity contribution is 7.99. The Morgan fingerprint density at radius 2 is 1.77 bits per heavy atom. The number of amides is 1. The van der Waals surface area contributed by atoms with E-state index in [1.165, 1.54) is 11.1 Å². The average Bonchev–Trinajstić information content (AvgIpc) is 3.30. The number of piperidine rings is 1. The number of hydrogen-bond acceptors (Lipinski definition) is 6. The van der Waals surface area contributed by atoms with Crippen LogP contribution in [0.3, 0.4) is 0 Å². The van der Waals surface area contributed by atoms with Crippen LogP contribution in [0.1, 0.15) is 48.8 Å². The molecule has 1 fully saturated rings. The van der Waals surface area contributed by atoms with Crippen molar-refractivity contribution in [2.75, 3.05) is 18.8 Å². The maximum Gasteiger partial charge on any atom is 0.220 e. The molecule has 1 saturated heterocycles. The number of aromatic nitrogens is 4. The Labute approximate surface area is 262 Å². The molecule has 1 aliphatic heterocycles. The smallest absolute Gasteiger partial charge is 0.220 e. The van der Waals surface area contributed by atoms with Crippen molar-refractivity contribution in [2.45, 2.75) is 63.3 Å². The van der Waals surface area contributed by atoms with Gasteiger partial charge in [-0.2, -0.15) is 0 Å². The number of halogens is 1. The zero-order chi connectivity index (χ0) is 29.6. The maximum atomic E-state index is 12.6. The molecule has 0 atom stereocenters. The zero-order valence-corrected chi connectivity index (χ0v) is 26.1.